The van der Waals surface area contributed by atoms with Gasteiger partial charge in [-0.2, -0.15) is 0 Å². The molecule has 2 N–H and O–H groups in total. The Morgan fingerprint density at radius 2 is 1.06 bits per heavy atom. The number of benzene rings is 2. The quantitative estimate of drug-likeness (QED) is 0.485. The van der Waals surface area contributed by atoms with Gasteiger partial charge >= 0.3 is 0 Å². The lowest BCUT2D eigenvalue weighted by Gasteiger charge is -2.29. The summed E-state index contributed by atoms with van der Waals surface area (Å²) >= 11 is 0. The number of aliphatic hydroxyl groups is 2. The van der Waals surface area contributed by atoms with Crippen LogP contribution in [0.4, 0.5) is 11.4 Å². The van der Waals surface area contributed by atoms with Crippen LogP contribution in [0.15, 0.2) is 73.1 Å². The molecule has 0 aliphatic heterocycles. The zero-order chi connectivity index (χ0) is 22.8. The van der Waals surface area contributed by atoms with E-state index in [-0.39, 0.29) is 0 Å². The summed E-state index contributed by atoms with van der Waals surface area (Å²) in [5.74, 6) is 0. The maximum absolute atomic E-state index is 11.2. The molecule has 6 nitrogen and oxygen atoms in total. The second-order valence-corrected chi connectivity index (χ2v) is 8.21. The van der Waals surface area contributed by atoms with Crippen LogP contribution in [0.5, 0.6) is 0 Å². The van der Waals surface area contributed by atoms with E-state index >= 15 is 0 Å². The summed E-state index contributed by atoms with van der Waals surface area (Å²) in [6.07, 6.45) is 1.61. The molecule has 0 aliphatic carbocycles. The van der Waals surface area contributed by atoms with Gasteiger partial charge in [0, 0.05) is 57.1 Å². The lowest BCUT2D eigenvalue weighted by atomic mass is 9.92. The van der Waals surface area contributed by atoms with E-state index in [1.807, 2.05) is 98.7 Å². The van der Waals surface area contributed by atoms with Crippen molar-refractivity contribution < 1.29 is 10.2 Å². The molecule has 2 unspecified atom stereocenters. The van der Waals surface area contributed by atoms with E-state index < -0.39 is 12.2 Å². The number of rotatable bonds is 6. The van der Waals surface area contributed by atoms with Crippen LogP contribution in [0.3, 0.4) is 0 Å². The van der Waals surface area contributed by atoms with Crippen LogP contribution in [0.25, 0.3) is 10.8 Å². The van der Waals surface area contributed by atoms with E-state index in [9.17, 15) is 10.2 Å². The molecule has 0 amide bonds. The van der Waals surface area contributed by atoms with Crippen molar-refractivity contribution in [3.63, 3.8) is 0 Å². The van der Waals surface area contributed by atoms with Crippen LogP contribution < -0.4 is 9.80 Å². The molecule has 32 heavy (non-hydrogen) atoms. The van der Waals surface area contributed by atoms with Gasteiger partial charge in [-0.1, -0.05) is 36.4 Å². The molecule has 4 rings (SSSR count). The van der Waals surface area contributed by atoms with E-state index in [0.29, 0.717) is 11.4 Å². The molecule has 6 heteroatoms. The Bertz CT molecular complexity index is 1120. The summed E-state index contributed by atoms with van der Waals surface area (Å²) < 4.78 is 0. The van der Waals surface area contributed by atoms with Gasteiger partial charge in [-0.15, -0.1) is 0 Å². The standard InChI is InChI=1S/C26H28N4O2/c1-29(2)23-18(25(31)20-9-5-7-15-27-20)13-11-17-12-14-19(24(22(17)23)30(3)4)26(32)21-10-6-8-16-28-21/h5-16,25-26,31-32H,1-4H3. The minimum Gasteiger partial charge on any atom is -0.382 e. The number of nitrogens with zero attached hydrogens (tertiary/aromatic N) is 4. The molecule has 0 saturated carbocycles. The third-order valence-electron chi connectivity index (χ3n) is 5.61. The van der Waals surface area contributed by atoms with Crippen molar-refractivity contribution in [3.8, 4) is 0 Å². The van der Waals surface area contributed by atoms with Crippen LogP contribution in [-0.2, 0) is 0 Å². The Balaban J connectivity index is 2.00. The molecule has 0 bridgehead atoms. The lowest BCUT2D eigenvalue weighted by molar-refractivity contribution is 0.215. The normalized spacial score (nSPS) is 13.1. The Morgan fingerprint density at radius 3 is 1.41 bits per heavy atom. The molecule has 0 fully saturated rings. The number of aromatic nitrogens is 2. The molecule has 2 heterocycles. The number of anilines is 2. The van der Waals surface area contributed by atoms with Gasteiger partial charge in [0.15, 0.2) is 0 Å². The van der Waals surface area contributed by atoms with Crippen LogP contribution >= 0.6 is 0 Å². The zero-order valence-corrected chi connectivity index (χ0v) is 18.8. The van der Waals surface area contributed by atoms with Gasteiger partial charge in [0.25, 0.3) is 0 Å². The first-order valence-electron chi connectivity index (χ1n) is 10.5. The molecule has 4 aromatic rings. The van der Waals surface area contributed by atoms with Crippen molar-refractivity contribution in [1.82, 2.24) is 9.97 Å². The summed E-state index contributed by atoms with van der Waals surface area (Å²) in [6.45, 7) is 0. The van der Waals surface area contributed by atoms with Crippen molar-refractivity contribution in [2.75, 3.05) is 38.0 Å². The van der Waals surface area contributed by atoms with Gasteiger partial charge in [-0.25, -0.2) is 0 Å². The molecular weight excluding hydrogens is 400 g/mol. The summed E-state index contributed by atoms with van der Waals surface area (Å²) in [6, 6.07) is 19.0. The molecule has 0 spiro atoms. The summed E-state index contributed by atoms with van der Waals surface area (Å²) in [5, 5.41) is 24.4. The number of hydrogen-bond donors (Lipinski definition) is 2. The topological polar surface area (TPSA) is 72.7 Å². The minimum absolute atomic E-state index is 0.589. The highest BCUT2D eigenvalue weighted by Gasteiger charge is 2.25. The fourth-order valence-corrected chi connectivity index (χ4v) is 4.21. The average molecular weight is 429 g/mol. The van der Waals surface area contributed by atoms with E-state index in [0.717, 1.165) is 33.3 Å². The van der Waals surface area contributed by atoms with Gasteiger partial charge in [-0.05, 0) is 29.7 Å². The SMILES string of the molecule is CN(C)c1c(C(O)c2ccccn2)ccc2ccc(C(O)c3ccccn3)c(N(C)C)c12. The smallest absolute Gasteiger partial charge is 0.123 e. The van der Waals surface area contributed by atoms with Gasteiger partial charge < -0.3 is 20.0 Å². The first-order valence-corrected chi connectivity index (χ1v) is 10.5. The first-order chi connectivity index (χ1) is 15.4. The molecule has 164 valence electrons. The molecule has 2 aromatic heterocycles. The Hall–Kier alpha value is -3.48. The van der Waals surface area contributed by atoms with Crippen molar-refractivity contribution >= 4 is 22.1 Å². The third-order valence-corrected chi connectivity index (χ3v) is 5.61. The van der Waals surface area contributed by atoms with Crippen LogP contribution in [0.2, 0.25) is 0 Å². The number of aliphatic hydroxyl groups excluding tert-OH is 2. The molecule has 0 saturated heterocycles. The largest absolute Gasteiger partial charge is 0.382 e. The van der Waals surface area contributed by atoms with Gasteiger partial charge in [0.1, 0.15) is 12.2 Å². The van der Waals surface area contributed by atoms with Crippen LogP contribution in [0.1, 0.15) is 34.7 Å². The summed E-state index contributed by atoms with van der Waals surface area (Å²) in [5.41, 5.74) is 4.47. The number of fused-ring (bicyclic) bond motifs is 1. The van der Waals surface area contributed by atoms with Gasteiger partial charge in [0.2, 0.25) is 0 Å². The second kappa shape index (κ2) is 8.94. The average Bonchev–Trinajstić information content (AvgIpc) is 2.82. The van der Waals surface area contributed by atoms with Crippen molar-refractivity contribution in [1.29, 1.82) is 0 Å². The Kier molecular flexibility index (Phi) is 6.08. The minimum atomic E-state index is -0.877. The Labute approximate surface area is 188 Å². The highest BCUT2D eigenvalue weighted by atomic mass is 16.3. The molecule has 2 aromatic carbocycles. The molecular formula is C26H28N4O2. The fraction of sp³-hybridized carbons (Fsp3) is 0.231. The first kappa shape index (κ1) is 21.7. The summed E-state index contributed by atoms with van der Waals surface area (Å²) in [4.78, 5) is 12.7. The summed E-state index contributed by atoms with van der Waals surface area (Å²) in [7, 11) is 7.85. The van der Waals surface area contributed by atoms with E-state index in [2.05, 4.69) is 9.97 Å². The van der Waals surface area contributed by atoms with Crippen molar-refractivity contribution in [2.45, 2.75) is 12.2 Å². The zero-order valence-electron chi connectivity index (χ0n) is 18.8. The van der Waals surface area contributed by atoms with E-state index in [1.165, 1.54) is 0 Å². The van der Waals surface area contributed by atoms with Crippen molar-refractivity contribution in [2.24, 2.45) is 0 Å². The Morgan fingerprint density at radius 1 is 0.625 bits per heavy atom. The van der Waals surface area contributed by atoms with Crippen molar-refractivity contribution in [3.05, 3.63) is 95.6 Å². The van der Waals surface area contributed by atoms with E-state index in [4.69, 9.17) is 0 Å². The highest BCUT2D eigenvalue weighted by Crippen LogP contribution is 2.43. The molecule has 0 radical (unpaired) electrons. The highest BCUT2D eigenvalue weighted by molar-refractivity contribution is 6.06. The lowest BCUT2D eigenvalue weighted by Crippen LogP contribution is -2.19. The predicted octanol–water partition coefficient (Wildman–Crippen LogP) is 3.93. The third kappa shape index (κ3) is 3.90. The maximum atomic E-state index is 11.2. The van der Waals surface area contributed by atoms with Gasteiger partial charge in [-0.3, -0.25) is 9.97 Å². The van der Waals surface area contributed by atoms with Crippen LogP contribution in [-0.4, -0.2) is 48.4 Å². The fourth-order valence-electron chi connectivity index (χ4n) is 4.21. The molecule has 2 atom stereocenters. The number of hydrogen-bond acceptors (Lipinski definition) is 6. The number of pyridine rings is 2. The van der Waals surface area contributed by atoms with E-state index in [1.54, 1.807) is 12.4 Å². The van der Waals surface area contributed by atoms with Crippen LogP contribution in [0, 0.1) is 0 Å². The van der Waals surface area contributed by atoms with Gasteiger partial charge in [0.05, 0.1) is 22.8 Å². The second-order valence-electron chi connectivity index (χ2n) is 8.21. The maximum Gasteiger partial charge on any atom is 0.123 e. The molecule has 0 aliphatic rings. The predicted molar refractivity (Wildman–Crippen MR) is 129 cm³/mol. The monoisotopic (exact) mass is 428 g/mol.